The number of hydrogen-bond donors (Lipinski definition) is 2. The van der Waals surface area contributed by atoms with Gasteiger partial charge in [0.15, 0.2) is 10.8 Å². The van der Waals surface area contributed by atoms with Gasteiger partial charge in [-0.1, -0.05) is 51.3 Å². The molecule has 31 heavy (non-hydrogen) atoms. The first-order valence-electron chi connectivity index (χ1n) is 11.5. The van der Waals surface area contributed by atoms with E-state index in [0.717, 1.165) is 34.3 Å². The van der Waals surface area contributed by atoms with E-state index in [1.165, 1.54) is 25.7 Å². The molecule has 2 heterocycles. The van der Waals surface area contributed by atoms with Gasteiger partial charge in [0.1, 0.15) is 5.82 Å². The molecule has 1 aliphatic carbocycles. The number of hydrogen-bond acceptors (Lipinski definition) is 7. The molecule has 2 N–H and O–H groups in total. The third kappa shape index (κ3) is 7.35. The Morgan fingerprint density at radius 1 is 1.29 bits per heavy atom. The van der Waals surface area contributed by atoms with Crippen molar-refractivity contribution in [3.05, 3.63) is 6.20 Å². The molecule has 0 aliphatic heterocycles. The van der Waals surface area contributed by atoms with Crippen molar-refractivity contribution in [1.29, 1.82) is 0 Å². The Balaban J connectivity index is 1.60. The first kappa shape index (κ1) is 23.8. The number of carbonyl (C=O) groups excluding carboxylic acids is 1. The van der Waals surface area contributed by atoms with Crippen LogP contribution in [0.1, 0.15) is 59.3 Å². The number of ether oxygens (including phenoxy) is 1. The summed E-state index contributed by atoms with van der Waals surface area (Å²) in [4.78, 5) is 21.6. The average Bonchev–Trinajstić information content (AvgIpc) is 3.39. The fraction of sp³-hybridized carbons (Fsp3) is 0.727. The van der Waals surface area contributed by atoms with Crippen LogP contribution in [0.15, 0.2) is 11.4 Å². The lowest BCUT2D eigenvalue weighted by Crippen LogP contribution is -2.27. The molecule has 0 saturated heterocycles. The Hall–Kier alpha value is -1.87. The highest BCUT2D eigenvalue weighted by Crippen LogP contribution is 2.28. The Labute approximate surface area is 189 Å². The lowest BCUT2D eigenvalue weighted by Gasteiger charge is -2.11. The van der Waals surface area contributed by atoms with Crippen LogP contribution in [0.5, 0.6) is 0 Å². The first-order chi connectivity index (χ1) is 15.1. The van der Waals surface area contributed by atoms with Gasteiger partial charge in [-0.2, -0.15) is 5.10 Å². The second-order valence-electron chi connectivity index (χ2n) is 8.29. The van der Waals surface area contributed by atoms with Crippen molar-refractivity contribution in [2.75, 3.05) is 31.6 Å². The van der Waals surface area contributed by atoms with Gasteiger partial charge in [0, 0.05) is 31.4 Å². The molecule has 8 nitrogen and oxygen atoms in total. The second kappa shape index (κ2) is 12.2. The summed E-state index contributed by atoms with van der Waals surface area (Å²) < 4.78 is 7.28. The van der Waals surface area contributed by atoms with E-state index >= 15 is 0 Å². The summed E-state index contributed by atoms with van der Waals surface area (Å²) in [5.41, 5.74) is 0.789. The summed E-state index contributed by atoms with van der Waals surface area (Å²) in [7, 11) is 0. The zero-order valence-electron chi connectivity index (χ0n) is 19.0. The quantitative estimate of drug-likeness (QED) is 0.273. The molecule has 0 aromatic carbocycles. The molecular weight excluding hydrogens is 412 g/mol. The van der Waals surface area contributed by atoms with Crippen molar-refractivity contribution in [1.82, 2.24) is 25.1 Å². The maximum atomic E-state index is 12.2. The summed E-state index contributed by atoms with van der Waals surface area (Å²) in [6, 6.07) is 0. The number of nitrogens with zero attached hydrogens (tertiary/aromatic N) is 4. The van der Waals surface area contributed by atoms with E-state index in [4.69, 9.17) is 9.72 Å². The van der Waals surface area contributed by atoms with Gasteiger partial charge < -0.3 is 15.4 Å². The SMILES string of the molecule is CCOCCNc1nc(SC(C)C)nc2c1cnn2CCNC(=O)CCC1CCCC1. The maximum Gasteiger partial charge on any atom is 0.220 e. The minimum Gasteiger partial charge on any atom is -0.380 e. The molecule has 0 unspecified atom stereocenters. The lowest BCUT2D eigenvalue weighted by molar-refractivity contribution is -0.121. The van der Waals surface area contributed by atoms with Gasteiger partial charge in [0.2, 0.25) is 5.91 Å². The van der Waals surface area contributed by atoms with Gasteiger partial charge in [0.05, 0.1) is 24.7 Å². The predicted molar refractivity (Wildman–Crippen MR) is 126 cm³/mol. The standard InChI is InChI=1S/C22H36N6O2S/c1-4-30-14-12-24-20-18-15-25-28(21(18)27-22(26-20)31-16(2)3)13-11-23-19(29)10-9-17-7-5-6-8-17/h15-17H,4-14H2,1-3H3,(H,23,29)(H,24,26,27). The Morgan fingerprint density at radius 2 is 2.10 bits per heavy atom. The summed E-state index contributed by atoms with van der Waals surface area (Å²) in [5, 5.41) is 12.9. The Kier molecular flexibility index (Phi) is 9.39. The number of anilines is 1. The van der Waals surface area contributed by atoms with Gasteiger partial charge in [-0.25, -0.2) is 14.6 Å². The van der Waals surface area contributed by atoms with Gasteiger partial charge in [0.25, 0.3) is 0 Å². The van der Waals surface area contributed by atoms with E-state index in [1.54, 1.807) is 18.0 Å². The van der Waals surface area contributed by atoms with Crippen LogP contribution >= 0.6 is 11.8 Å². The number of aromatic nitrogens is 4. The van der Waals surface area contributed by atoms with Crippen molar-refractivity contribution in [2.24, 2.45) is 5.92 Å². The average molecular weight is 449 g/mol. The van der Waals surface area contributed by atoms with Crippen LogP contribution in [0.4, 0.5) is 5.82 Å². The summed E-state index contributed by atoms with van der Waals surface area (Å²) >= 11 is 1.63. The Bertz CT molecular complexity index is 835. The fourth-order valence-electron chi connectivity index (χ4n) is 3.91. The highest BCUT2D eigenvalue weighted by molar-refractivity contribution is 7.99. The molecule has 1 aliphatic rings. The number of carbonyl (C=O) groups is 1. The Morgan fingerprint density at radius 3 is 2.84 bits per heavy atom. The van der Waals surface area contributed by atoms with Crippen LogP contribution in [0, 0.1) is 5.92 Å². The first-order valence-corrected chi connectivity index (χ1v) is 12.4. The molecule has 2 aromatic rings. The molecule has 1 saturated carbocycles. The third-order valence-corrected chi connectivity index (χ3v) is 6.32. The van der Waals surface area contributed by atoms with Crippen LogP contribution in [0.3, 0.4) is 0 Å². The zero-order valence-corrected chi connectivity index (χ0v) is 19.8. The van der Waals surface area contributed by atoms with Crippen molar-refractivity contribution < 1.29 is 9.53 Å². The molecule has 3 rings (SSSR count). The van der Waals surface area contributed by atoms with Crippen LogP contribution in [-0.4, -0.2) is 57.2 Å². The summed E-state index contributed by atoms with van der Waals surface area (Å²) in [5.74, 6) is 1.65. The largest absolute Gasteiger partial charge is 0.380 e. The van der Waals surface area contributed by atoms with Crippen molar-refractivity contribution >= 4 is 34.5 Å². The number of amides is 1. The van der Waals surface area contributed by atoms with Gasteiger partial charge in [-0.15, -0.1) is 0 Å². The fourth-order valence-corrected chi connectivity index (χ4v) is 4.61. The van der Waals surface area contributed by atoms with Crippen LogP contribution < -0.4 is 10.6 Å². The molecule has 0 radical (unpaired) electrons. The van der Waals surface area contributed by atoms with Crippen molar-refractivity contribution in [3.8, 4) is 0 Å². The van der Waals surface area contributed by atoms with Gasteiger partial charge >= 0.3 is 0 Å². The number of fused-ring (bicyclic) bond motifs is 1. The molecule has 172 valence electrons. The second-order valence-corrected chi connectivity index (χ2v) is 9.83. The van der Waals surface area contributed by atoms with E-state index < -0.39 is 0 Å². The maximum absolute atomic E-state index is 12.2. The molecule has 1 fully saturated rings. The molecule has 0 atom stereocenters. The summed E-state index contributed by atoms with van der Waals surface area (Å²) in [6.45, 7) is 9.35. The topological polar surface area (TPSA) is 94.0 Å². The summed E-state index contributed by atoms with van der Waals surface area (Å²) in [6.07, 6.45) is 8.63. The lowest BCUT2D eigenvalue weighted by atomic mass is 10.0. The number of rotatable bonds is 13. The number of nitrogens with one attached hydrogen (secondary N) is 2. The van der Waals surface area contributed by atoms with Gasteiger partial charge in [-0.3, -0.25) is 4.79 Å². The zero-order chi connectivity index (χ0) is 22.1. The number of thioether (sulfide) groups is 1. The van der Waals surface area contributed by atoms with Crippen LogP contribution in [-0.2, 0) is 16.1 Å². The van der Waals surface area contributed by atoms with E-state index in [2.05, 4.69) is 34.6 Å². The molecule has 2 aromatic heterocycles. The van der Waals surface area contributed by atoms with E-state index in [-0.39, 0.29) is 5.91 Å². The molecule has 0 spiro atoms. The minimum atomic E-state index is 0.132. The van der Waals surface area contributed by atoms with Crippen LogP contribution in [0.25, 0.3) is 11.0 Å². The van der Waals surface area contributed by atoms with Crippen molar-refractivity contribution in [3.63, 3.8) is 0 Å². The normalized spacial score (nSPS) is 14.6. The van der Waals surface area contributed by atoms with E-state index in [0.29, 0.717) is 44.5 Å². The third-order valence-electron chi connectivity index (χ3n) is 5.46. The van der Waals surface area contributed by atoms with E-state index in [1.807, 2.05) is 11.6 Å². The van der Waals surface area contributed by atoms with E-state index in [9.17, 15) is 4.79 Å². The highest BCUT2D eigenvalue weighted by atomic mass is 32.2. The molecule has 1 amide bonds. The monoisotopic (exact) mass is 448 g/mol. The molecule has 9 heteroatoms. The smallest absolute Gasteiger partial charge is 0.220 e. The molecular formula is C22H36N6O2S. The highest BCUT2D eigenvalue weighted by Gasteiger charge is 2.17. The predicted octanol–water partition coefficient (Wildman–Crippen LogP) is 3.86. The minimum absolute atomic E-state index is 0.132. The van der Waals surface area contributed by atoms with Crippen LogP contribution in [0.2, 0.25) is 0 Å². The van der Waals surface area contributed by atoms with Gasteiger partial charge in [-0.05, 0) is 19.3 Å². The van der Waals surface area contributed by atoms with Crippen molar-refractivity contribution in [2.45, 2.75) is 76.2 Å². The molecule has 0 bridgehead atoms.